The minimum atomic E-state index is -0.327. The number of ether oxygens (including phenoxy) is 1. The van der Waals surface area contributed by atoms with Crippen molar-refractivity contribution in [3.05, 3.63) is 46.2 Å². The molecule has 0 amide bonds. The molecule has 1 N–H and O–H groups in total. The number of nitrogens with zero attached hydrogens (tertiary/aromatic N) is 1. The Bertz CT molecular complexity index is 516. The van der Waals surface area contributed by atoms with Gasteiger partial charge in [-0.2, -0.15) is 0 Å². The molecule has 102 valence electrons. The van der Waals surface area contributed by atoms with Crippen LogP contribution in [0.3, 0.4) is 0 Å². The standard InChI is InChI=1S/C14H17FN2OS/c1-3-17-10(2)11-4-5-14(13(15)6-11)18-8-12-7-16-9-19-12/h4-7,9-10,17H,3,8H2,1-2H3. The highest BCUT2D eigenvalue weighted by molar-refractivity contribution is 7.09. The molecule has 0 saturated carbocycles. The minimum Gasteiger partial charge on any atom is -0.485 e. The van der Waals surface area contributed by atoms with Crippen molar-refractivity contribution in [1.29, 1.82) is 0 Å². The van der Waals surface area contributed by atoms with Crippen LogP contribution < -0.4 is 10.1 Å². The lowest BCUT2D eigenvalue weighted by molar-refractivity contribution is 0.293. The van der Waals surface area contributed by atoms with Crippen LogP contribution in [0.2, 0.25) is 0 Å². The van der Waals surface area contributed by atoms with Crippen LogP contribution in [0.25, 0.3) is 0 Å². The number of hydrogen-bond donors (Lipinski definition) is 1. The summed E-state index contributed by atoms with van der Waals surface area (Å²) in [6.45, 7) is 5.24. The largest absolute Gasteiger partial charge is 0.485 e. The van der Waals surface area contributed by atoms with Crippen molar-refractivity contribution in [3.8, 4) is 5.75 Å². The number of thiazole rings is 1. The highest BCUT2D eigenvalue weighted by Crippen LogP contribution is 2.23. The predicted molar refractivity (Wildman–Crippen MR) is 74.9 cm³/mol. The highest BCUT2D eigenvalue weighted by atomic mass is 32.1. The molecule has 0 bridgehead atoms. The fourth-order valence-corrected chi connectivity index (χ4v) is 2.30. The SMILES string of the molecule is CCNC(C)c1ccc(OCc2cncs2)c(F)c1. The number of rotatable bonds is 6. The van der Waals surface area contributed by atoms with Gasteiger partial charge >= 0.3 is 0 Å². The molecule has 0 fully saturated rings. The Morgan fingerprint density at radius 2 is 2.32 bits per heavy atom. The molecule has 1 aromatic carbocycles. The van der Waals surface area contributed by atoms with E-state index >= 15 is 0 Å². The van der Waals surface area contributed by atoms with Gasteiger partial charge < -0.3 is 10.1 Å². The maximum absolute atomic E-state index is 13.9. The predicted octanol–water partition coefficient (Wildman–Crippen LogP) is 3.53. The van der Waals surface area contributed by atoms with E-state index in [1.165, 1.54) is 17.4 Å². The van der Waals surface area contributed by atoms with Crippen LogP contribution in [0.15, 0.2) is 29.9 Å². The molecule has 1 atom stereocenters. The number of halogens is 1. The second-order valence-corrected chi connectivity index (χ2v) is 5.20. The normalized spacial score (nSPS) is 12.4. The molecule has 1 heterocycles. The van der Waals surface area contributed by atoms with Gasteiger partial charge in [-0.3, -0.25) is 4.98 Å². The molecule has 1 aromatic heterocycles. The first kappa shape index (κ1) is 14.0. The first-order chi connectivity index (χ1) is 9.20. The monoisotopic (exact) mass is 280 g/mol. The Labute approximate surface area is 116 Å². The second kappa shape index (κ2) is 6.63. The van der Waals surface area contributed by atoms with E-state index in [1.807, 2.05) is 19.9 Å². The maximum atomic E-state index is 13.9. The van der Waals surface area contributed by atoms with Gasteiger partial charge in [-0.15, -0.1) is 11.3 Å². The number of aromatic nitrogens is 1. The summed E-state index contributed by atoms with van der Waals surface area (Å²) in [5.74, 6) is -0.0485. The molecule has 19 heavy (non-hydrogen) atoms. The van der Waals surface area contributed by atoms with Crippen molar-refractivity contribution in [2.45, 2.75) is 26.5 Å². The van der Waals surface area contributed by atoms with Crippen LogP contribution in [-0.2, 0) is 6.61 Å². The lowest BCUT2D eigenvalue weighted by Crippen LogP contribution is -2.17. The molecular weight excluding hydrogens is 263 g/mol. The van der Waals surface area contributed by atoms with Gasteiger partial charge in [-0.1, -0.05) is 13.0 Å². The Kier molecular flexibility index (Phi) is 4.87. The van der Waals surface area contributed by atoms with Crippen molar-refractivity contribution >= 4 is 11.3 Å². The van der Waals surface area contributed by atoms with E-state index < -0.39 is 0 Å². The molecule has 0 spiro atoms. The van der Waals surface area contributed by atoms with Crippen molar-refractivity contribution < 1.29 is 9.13 Å². The van der Waals surface area contributed by atoms with Crippen LogP contribution in [0.1, 0.15) is 30.3 Å². The third kappa shape index (κ3) is 3.75. The Balaban J connectivity index is 2.02. The van der Waals surface area contributed by atoms with Crippen LogP contribution in [0, 0.1) is 5.82 Å². The zero-order valence-corrected chi connectivity index (χ0v) is 11.8. The van der Waals surface area contributed by atoms with Gasteiger partial charge in [0.15, 0.2) is 11.6 Å². The first-order valence-corrected chi connectivity index (χ1v) is 7.11. The fourth-order valence-electron chi connectivity index (χ4n) is 1.79. The molecule has 5 heteroatoms. The van der Waals surface area contributed by atoms with Crippen LogP contribution in [-0.4, -0.2) is 11.5 Å². The number of benzene rings is 1. The number of nitrogens with one attached hydrogen (secondary N) is 1. The summed E-state index contributed by atoms with van der Waals surface area (Å²) in [5, 5.41) is 3.25. The average molecular weight is 280 g/mol. The van der Waals surface area contributed by atoms with Gasteiger partial charge in [-0.25, -0.2) is 4.39 Å². The van der Waals surface area contributed by atoms with Crippen molar-refractivity contribution in [2.75, 3.05) is 6.54 Å². The summed E-state index contributed by atoms with van der Waals surface area (Å²) in [7, 11) is 0. The summed E-state index contributed by atoms with van der Waals surface area (Å²) in [4.78, 5) is 4.93. The van der Waals surface area contributed by atoms with Crippen molar-refractivity contribution in [1.82, 2.24) is 10.3 Å². The minimum absolute atomic E-state index is 0.134. The molecule has 2 aromatic rings. The maximum Gasteiger partial charge on any atom is 0.165 e. The van der Waals surface area contributed by atoms with Crippen molar-refractivity contribution in [2.24, 2.45) is 0 Å². The number of hydrogen-bond acceptors (Lipinski definition) is 4. The van der Waals surface area contributed by atoms with Gasteiger partial charge in [0.25, 0.3) is 0 Å². The second-order valence-electron chi connectivity index (χ2n) is 4.23. The molecule has 0 aliphatic rings. The molecule has 0 saturated heterocycles. The van der Waals surface area contributed by atoms with Crippen LogP contribution in [0.4, 0.5) is 4.39 Å². The summed E-state index contributed by atoms with van der Waals surface area (Å²) in [6, 6.07) is 5.22. The molecular formula is C14H17FN2OS. The topological polar surface area (TPSA) is 34.1 Å². The van der Waals surface area contributed by atoms with Gasteiger partial charge in [0, 0.05) is 12.2 Å². The van der Waals surface area contributed by atoms with Gasteiger partial charge in [-0.05, 0) is 31.2 Å². The first-order valence-electron chi connectivity index (χ1n) is 6.23. The third-order valence-electron chi connectivity index (χ3n) is 2.82. The summed E-state index contributed by atoms with van der Waals surface area (Å²) in [5.41, 5.74) is 2.65. The summed E-state index contributed by atoms with van der Waals surface area (Å²) >= 11 is 1.49. The van der Waals surface area contributed by atoms with Crippen LogP contribution >= 0.6 is 11.3 Å². The van der Waals surface area contributed by atoms with E-state index in [4.69, 9.17) is 4.74 Å². The molecule has 0 aliphatic heterocycles. The van der Waals surface area contributed by atoms with Crippen molar-refractivity contribution in [3.63, 3.8) is 0 Å². The molecule has 3 nitrogen and oxygen atoms in total. The van der Waals surface area contributed by atoms with Crippen LogP contribution in [0.5, 0.6) is 5.75 Å². The molecule has 1 unspecified atom stereocenters. The Morgan fingerprint density at radius 1 is 1.47 bits per heavy atom. The lowest BCUT2D eigenvalue weighted by atomic mass is 10.1. The van der Waals surface area contributed by atoms with E-state index in [0.717, 1.165) is 17.0 Å². The fraction of sp³-hybridized carbons (Fsp3) is 0.357. The van der Waals surface area contributed by atoms with E-state index in [2.05, 4.69) is 10.3 Å². The Morgan fingerprint density at radius 3 is 2.95 bits per heavy atom. The van der Waals surface area contributed by atoms with E-state index in [9.17, 15) is 4.39 Å². The smallest absolute Gasteiger partial charge is 0.165 e. The zero-order chi connectivity index (χ0) is 13.7. The lowest BCUT2D eigenvalue weighted by Gasteiger charge is -2.14. The van der Waals surface area contributed by atoms with E-state index in [-0.39, 0.29) is 17.6 Å². The average Bonchev–Trinajstić information content (AvgIpc) is 2.90. The van der Waals surface area contributed by atoms with Gasteiger partial charge in [0.1, 0.15) is 6.61 Å². The zero-order valence-electron chi connectivity index (χ0n) is 11.0. The van der Waals surface area contributed by atoms with E-state index in [1.54, 1.807) is 17.8 Å². The van der Waals surface area contributed by atoms with Gasteiger partial charge in [0.05, 0.1) is 10.4 Å². The molecule has 2 rings (SSSR count). The summed E-state index contributed by atoms with van der Waals surface area (Å²) < 4.78 is 19.4. The summed E-state index contributed by atoms with van der Waals surface area (Å²) in [6.07, 6.45) is 1.73. The quantitative estimate of drug-likeness (QED) is 0.879. The molecule has 0 aliphatic carbocycles. The molecule has 0 radical (unpaired) electrons. The Hall–Kier alpha value is -1.46. The third-order valence-corrected chi connectivity index (χ3v) is 3.57. The highest BCUT2D eigenvalue weighted by Gasteiger charge is 2.09. The van der Waals surface area contributed by atoms with E-state index in [0.29, 0.717) is 6.61 Å². The van der Waals surface area contributed by atoms with Gasteiger partial charge in [0.2, 0.25) is 0 Å².